The molecule has 2 aliphatic carbocycles. The van der Waals surface area contributed by atoms with Crippen LogP contribution in [0.15, 0.2) is 22.1 Å². The Labute approximate surface area is 109 Å². The zero-order valence-corrected chi connectivity index (χ0v) is 10.4. The molecule has 0 aromatic heterocycles. The molecular formula is C14H14N2O3. The van der Waals surface area contributed by atoms with Crippen LogP contribution in [0.5, 0.6) is 5.75 Å². The number of hydrogen-bond donors (Lipinski definition) is 1. The van der Waals surface area contributed by atoms with E-state index in [0.717, 1.165) is 31.0 Å². The van der Waals surface area contributed by atoms with E-state index < -0.39 is 5.97 Å². The Kier molecular flexibility index (Phi) is 2.19. The molecular weight excluding hydrogens is 244 g/mol. The van der Waals surface area contributed by atoms with E-state index in [1.165, 1.54) is 0 Å². The minimum atomic E-state index is -0.950. The van der Waals surface area contributed by atoms with Gasteiger partial charge in [-0.25, -0.2) is 4.79 Å². The largest absolute Gasteiger partial charge is 0.488 e. The van der Waals surface area contributed by atoms with Crippen LogP contribution in [-0.4, -0.2) is 23.3 Å². The summed E-state index contributed by atoms with van der Waals surface area (Å²) in [6, 6.07) is 3.18. The smallest absolute Gasteiger partial charge is 0.335 e. The molecule has 1 aromatic carbocycles. The summed E-state index contributed by atoms with van der Waals surface area (Å²) in [6.07, 6.45) is 4.60. The first-order valence-corrected chi connectivity index (χ1v) is 6.70. The zero-order valence-electron chi connectivity index (χ0n) is 10.4. The Balaban J connectivity index is 1.83. The summed E-state index contributed by atoms with van der Waals surface area (Å²) >= 11 is 0. The van der Waals surface area contributed by atoms with Gasteiger partial charge in [0.2, 0.25) is 0 Å². The summed E-state index contributed by atoms with van der Waals surface area (Å²) < 4.78 is 5.79. The predicted molar refractivity (Wildman–Crippen MR) is 65.9 cm³/mol. The molecule has 3 aliphatic rings. The predicted octanol–water partition coefficient (Wildman–Crippen LogP) is 0.915. The summed E-state index contributed by atoms with van der Waals surface area (Å²) in [5.74, 6) is 0.173. The molecule has 0 saturated heterocycles. The van der Waals surface area contributed by atoms with Crippen molar-refractivity contribution in [3.05, 3.63) is 28.4 Å². The first-order chi connectivity index (χ1) is 9.20. The molecule has 4 rings (SSSR count). The first kappa shape index (κ1) is 11.0. The van der Waals surface area contributed by atoms with Gasteiger partial charge in [0.05, 0.1) is 17.0 Å². The van der Waals surface area contributed by atoms with Crippen molar-refractivity contribution in [2.45, 2.75) is 38.0 Å². The lowest BCUT2D eigenvalue weighted by Crippen LogP contribution is -2.26. The number of aromatic carboxylic acids is 1. The summed E-state index contributed by atoms with van der Waals surface area (Å²) in [7, 11) is 0. The lowest BCUT2D eigenvalue weighted by molar-refractivity contribution is 0.0696. The molecule has 2 saturated carbocycles. The number of benzene rings is 1. The molecule has 5 nitrogen and oxygen atoms in total. The van der Waals surface area contributed by atoms with Crippen molar-refractivity contribution in [1.82, 2.24) is 0 Å². The fraction of sp³-hybridized carbons (Fsp3) is 0.500. The summed E-state index contributed by atoms with van der Waals surface area (Å²) in [5, 5.41) is 10.6. The Hall–Kier alpha value is -1.91. The number of fused-ring (bicyclic) bond motifs is 1. The van der Waals surface area contributed by atoms with Crippen LogP contribution >= 0.6 is 0 Å². The third-order valence-electron chi connectivity index (χ3n) is 3.70. The average Bonchev–Trinajstić information content (AvgIpc) is 3.28. The van der Waals surface area contributed by atoms with Crippen molar-refractivity contribution in [3.63, 3.8) is 0 Å². The number of nitrogens with zero attached hydrogens (tertiary/aromatic N) is 2. The number of hydrogen-bond acceptors (Lipinski definition) is 4. The highest BCUT2D eigenvalue weighted by atomic mass is 16.5. The molecule has 0 spiro atoms. The van der Waals surface area contributed by atoms with E-state index in [4.69, 9.17) is 9.84 Å². The Morgan fingerprint density at radius 3 is 2.63 bits per heavy atom. The highest BCUT2D eigenvalue weighted by molar-refractivity contribution is 5.87. The Bertz CT molecular complexity index is 675. The maximum Gasteiger partial charge on any atom is 0.335 e. The SMILES string of the molecule is O=C(O)c1cc(OC2CC2)c2c(c1)=NC(C1CC1)N=2. The topological polar surface area (TPSA) is 71.2 Å². The van der Waals surface area contributed by atoms with E-state index in [1.54, 1.807) is 12.1 Å². The van der Waals surface area contributed by atoms with Gasteiger partial charge in [0.25, 0.3) is 0 Å². The van der Waals surface area contributed by atoms with Crippen LogP contribution in [0.25, 0.3) is 0 Å². The van der Waals surface area contributed by atoms with Crippen LogP contribution in [0.2, 0.25) is 0 Å². The summed E-state index contributed by atoms with van der Waals surface area (Å²) in [4.78, 5) is 20.3. The van der Waals surface area contributed by atoms with Crippen molar-refractivity contribution in [2.75, 3.05) is 0 Å². The van der Waals surface area contributed by atoms with E-state index in [1.807, 2.05) is 0 Å². The van der Waals surface area contributed by atoms with Crippen molar-refractivity contribution in [3.8, 4) is 5.75 Å². The van der Waals surface area contributed by atoms with Gasteiger partial charge in [0.1, 0.15) is 17.3 Å². The van der Waals surface area contributed by atoms with E-state index in [2.05, 4.69) is 9.98 Å². The standard InChI is InChI=1S/C14H14N2O3/c17-14(18)8-5-10-12(11(6-8)19-9-3-4-9)16-13(15-10)7-1-2-7/h5-7,9,13H,1-4H2,(H,17,18). The van der Waals surface area contributed by atoms with Crippen LogP contribution in [0, 0.1) is 5.92 Å². The van der Waals surface area contributed by atoms with Gasteiger partial charge < -0.3 is 9.84 Å². The number of carboxylic acids is 1. The number of ether oxygens (including phenoxy) is 1. The van der Waals surface area contributed by atoms with Crippen LogP contribution in [-0.2, 0) is 0 Å². The second-order valence-electron chi connectivity index (χ2n) is 5.47. The molecule has 98 valence electrons. The van der Waals surface area contributed by atoms with Crippen LogP contribution in [0.3, 0.4) is 0 Å². The van der Waals surface area contributed by atoms with Gasteiger partial charge in [-0.2, -0.15) is 0 Å². The molecule has 1 atom stereocenters. The van der Waals surface area contributed by atoms with E-state index in [0.29, 0.717) is 17.0 Å². The van der Waals surface area contributed by atoms with Crippen LogP contribution in [0.1, 0.15) is 36.0 Å². The van der Waals surface area contributed by atoms with Gasteiger partial charge in [0.15, 0.2) is 0 Å². The highest BCUT2D eigenvalue weighted by Crippen LogP contribution is 2.35. The molecule has 1 heterocycles. The minimum Gasteiger partial charge on any atom is -0.488 e. The maximum absolute atomic E-state index is 11.2. The second kappa shape index (κ2) is 3.79. The fourth-order valence-electron chi connectivity index (χ4n) is 2.31. The van der Waals surface area contributed by atoms with Gasteiger partial charge in [-0.3, -0.25) is 9.98 Å². The summed E-state index contributed by atoms with van der Waals surface area (Å²) in [6.45, 7) is 0. The van der Waals surface area contributed by atoms with Crippen molar-refractivity contribution in [2.24, 2.45) is 15.9 Å². The molecule has 1 aliphatic heterocycles. The third-order valence-corrected chi connectivity index (χ3v) is 3.70. The van der Waals surface area contributed by atoms with Gasteiger partial charge in [-0.15, -0.1) is 0 Å². The van der Waals surface area contributed by atoms with E-state index >= 15 is 0 Å². The van der Waals surface area contributed by atoms with Gasteiger partial charge in [-0.05, 0) is 37.8 Å². The zero-order chi connectivity index (χ0) is 13.0. The van der Waals surface area contributed by atoms with Crippen molar-refractivity contribution in [1.29, 1.82) is 0 Å². The monoisotopic (exact) mass is 258 g/mol. The van der Waals surface area contributed by atoms with Gasteiger partial charge in [0, 0.05) is 5.92 Å². The molecule has 19 heavy (non-hydrogen) atoms. The Morgan fingerprint density at radius 2 is 2.00 bits per heavy atom. The van der Waals surface area contributed by atoms with Gasteiger partial charge in [-0.1, -0.05) is 0 Å². The first-order valence-electron chi connectivity index (χ1n) is 6.70. The lowest BCUT2D eigenvalue weighted by atomic mass is 10.2. The fourth-order valence-corrected chi connectivity index (χ4v) is 2.31. The van der Waals surface area contributed by atoms with Crippen molar-refractivity contribution >= 4 is 5.97 Å². The van der Waals surface area contributed by atoms with E-state index in [-0.39, 0.29) is 17.8 Å². The molecule has 5 heteroatoms. The van der Waals surface area contributed by atoms with Gasteiger partial charge >= 0.3 is 5.97 Å². The normalized spacial score (nSPS) is 24.3. The number of carboxylic acid groups (broad SMARTS) is 1. The Morgan fingerprint density at radius 1 is 1.21 bits per heavy atom. The number of carbonyl (C=O) groups is 1. The number of rotatable bonds is 4. The van der Waals surface area contributed by atoms with Crippen LogP contribution < -0.4 is 15.5 Å². The average molecular weight is 258 g/mol. The molecule has 0 bridgehead atoms. The maximum atomic E-state index is 11.2. The van der Waals surface area contributed by atoms with E-state index in [9.17, 15) is 4.79 Å². The van der Waals surface area contributed by atoms with Crippen LogP contribution in [0.4, 0.5) is 0 Å². The molecule has 1 N–H and O–H groups in total. The molecule has 1 unspecified atom stereocenters. The minimum absolute atomic E-state index is 0.0272. The molecule has 2 fully saturated rings. The molecule has 0 radical (unpaired) electrons. The molecule has 1 aromatic rings. The second-order valence-corrected chi connectivity index (χ2v) is 5.47. The van der Waals surface area contributed by atoms with Crippen molar-refractivity contribution < 1.29 is 14.6 Å². The lowest BCUT2D eigenvalue weighted by Gasteiger charge is -2.05. The molecule has 0 amide bonds. The summed E-state index contributed by atoms with van der Waals surface area (Å²) in [5.41, 5.74) is 0.227. The quantitative estimate of drug-likeness (QED) is 0.872. The third kappa shape index (κ3) is 1.99. The highest BCUT2D eigenvalue weighted by Gasteiger charge is 2.33.